The van der Waals surface area contributed by atoms with E-state index in [0.717, 1.165) is 11.1 Å². The molecule has 0 saturated carbocycles. The van der Waals surface area contributed by atoms with Crippen molar-refractivity contribution in [2.45, 2.75) is 11.0 Å². The lowest BCUT2D eigenvalue weighted by atomic mass is 9.61. The summed E-state index contributed by atoms with van der Waals surface area (Å²) in [5.41, 5.74) is 1.05. The smallest absolute Gasteiger partial charge is 0.246 e. The van der Waals surface area contributed by atoms with E-state index in [1.807, 2.05) is 48.5 Å². The Morgan fingerprint density at radius 2 is 1.30 bits per heavy atom. The largest absolute Gasteiger partial charge is 0.463 e. The third kappa shape index (κ3) is 1.58. The summed E-state index contributed by atoms with van der Waals surface area (Å²) in [5, 5.41) is 20.8. The SMILES string of the molecule is N#CC12Oc3c(C=O)cccc3C(C#N)(c3ccccc31)c1ccccc12. The zero-order chi connectivity index (χ0) is 18.6. The Morgan fingerprint density at radius 1 is 0.741 bits per heavy atom. The summed E-state index contributed by atoms with van der Waals surface area (Å²) in [5.74, 6) is 0.294. The molecule has 2 aliphatic heterocycles. The average Bonchev–Trinajstić information content (AvgIpc) is 2.92. The highest BCUT2D eigenvalue weighted by atomic mass is 16.5. The number of nitriles is 2. The molecule has 2 bridgehead atoms. The lowest BCUT2D eigenvalue weighted by molar-refractivity contribution is 0.111. The zero-order valence-electron chi connectivity index (χ0n) is 14.1. The van der Waals surface area contributed by atoms with Crippen LogP contribution < -0.4 is 4.74 Å². The van der Waals surface area contributed by atoms with Gasteiger partial charge in [-0.15, -0.1) is 0 Å². The van der Waals surface area contributed by atoms with Crippen LogP contribution in [0.2, 0.25) is 0 Å². The second kappa shape index (κ2) is 5.06. The van der Waals surface area contributed by atoms with Gasteiger partial charge in [-0.2, -0.15) is 10.5 Å². The van der Waals surface area contributed by atoms with Crippen molar-refractivity contribution < 1.29 is 9.53 Å². The second-order valence-corrected chi connectivity index (χ2v) is 6.69. The summed E-state index contributed by atoms with van der Waals surface area (Å²) in [6, 6.07) is 24.8. The number of nitrogens with zero attached hydrogens (tertiary/aromatic N) is 2. The molecule has 0 unspecified atom stereocenters. The highest BCUT2D eigenvalue weighted by Crippen LogP contribution is 2.58. The number of hydrogen-bond donors (Lipinski definition) is 0. The molecule has 0 N–H and O–H groups in total. The summed E-state index contributed by atoms with van der Waals surface area (Å²) in [7, 11) is 0. The van der Waals surface area contributed by atoms with Gasteiger partial charge in [-0.1, -0.05) is 60.7 Å². The van der Waals surface area contributed by atoms with Gasteiger partial charge in [-0.05, 0) is 17.2 Å². The van der Waals surface area contributed by atoms with Crippen LogP contribution in [0.1, 0.15) is 38.2 Å². The average molecular weight is 348 g/mol. The van der Waals surface area contributed by atoms with Crippen LogP contribution in [0.3, 0.4) is 0 Å². The van der Waals surface area contributed by atoms with Gasteiger partial charge < -0.3 is 4.74 Å². The zero-order valence-corrected chi connectivity index (χ0v) is 14.1. The van der Waals surface area contributed by atoms with Gasteiger partial charge >= 0.3 is 0 Å². The van der Waals surface area contributed by atoms with Crippen LogP contribution in [0, 0.1) is 22.7 Å². The van der Waals surface area contributed by atoms with Gasteiger partial charge in [-0.25, -0.2) is 0 Å². The molecule has 3 aliphatic rings. The fourth-order valence-electron chi connectivity index (χ4n) is 4.46. The van der Waals surface area contributed by atoms with E-state index in [1.165, 1.54) is 0 Å². The van der Waals surface area contributed by atoms with Crippen LogP contribution >= 0.6 is 0 Å². The van der Waals surface area contributed by atoms with E-state index in [0.29, 0.717) is 34.3 Å². The quantitative estimate of drug-likeness (QED) is 0.627. The van der Waals surface area contributed by atoms with Crippen LogP contribution in [0.4, 0.5) is 0 Å². The first-order valence-corrected chi connectivity index (χ1v) is 8.53. The minimum atomic E-state index is -1.42. The summed E-state index contributed by atoms with van der Waals surface area (Å²) in [4.78, 5) is 11.7. The van der Waals surface area contributed by atoms with Gasteiger partial charge in [0, 0.05) is 16.7 Å². The Morgan fingerprint density at radius 3 is 1.81 bits per heavy atom. The normalized spacial score (nSPS) is 23.5. The number of carbonyl (C=O) groups excluding carboxylic acids is 1. The monoisotopic (exact) mass is 348 g/mol. The fourth-order valence-corrected chi connectivity index (χ4v) is 4.46. The molecule has 27 heavy (non-hydrogen) atoms. The van der Waals surface area contributed by atoms with Crippen LogP contribution in [0.5, 0.6) is 5.75 Å². The van der Waals surface area contributed by atoms with E-state index >= 15 is 0 Å². The Kier molecular flexibility index (Phi) is 2.88. The molecule has 0 amide bonds. The lowest BCUT2D eigenvalue weighted by Gasteiger charge is -2.38. The van der Waals surface area contributed by atoms with Crippen molar-refractivity contribution in [3.63, 3.8) is 0 Å². The molecule has 0 atom stereocenters. The van der Waals surface area contributed by atoms with Gasteiger partial charge in [0.05, 0.1) is 11.6 Å². The number of hydrogen-bond acceptors (Lipinski definition) is 4. The van der Waals surface area contributed by atoms with E-state index in [-0.39, 0.29) is 0 Å². The van der Waals surface area contributed by atoms with Crippen molar-refractivity contribution in [2.24, 2.45) is 0 Å². The third-order valence-electron chi connectivity index (χ3n) is 5.58. The molecule has 0 aromatic heterocycles. The molecule has 126 valence electrons. The lowest BCUT2D eigenvalue weighted by Crippen LogP contribution is -2.41. The Bertz CT molecular complexity index is 1170. The fraction of sp³-hybridized carbons (Fsp3) is 0.0870. The van der Waals surface area contributed by atoms with E-state index < -0.39 is 11.0 Å². The summed E-state index contributed by atoms with van der Waals surface area (Å²) in [6.45, 7) is 0. The summed E-state index contributed by atoms with van der Waals surface area (Å²) in [6.07, 6.45) is 0.703. The standard InChI is InChI=1S/C23H12N2O2/c24-13-22-16-7-1-3-9-18(16)23(14-25,19-10-4-2-8-17(19)22)27-21-15(12-26)6-5-11-20(21)22/h1-12H. The molecule has 4 nitrogen and oxygen atoms in total. The Labute approximate surface area is 155 Å². The van der Waals surface area contributed by atoms with Gasteiger partial charge in [-0.3, -0.25) is 4.79 Å². The molecular formula is C23H12N2O2. The number of ether oxygens (including phenoxy) is 1. The highest BCUT2D eigenvalue weighted by molar-refractivity contribution is 5.84. The predicted molar refractivity (Wildman–Crippen MR) is 97.2 cm³/mol. The van der Waals surface area contributed by atoms with Crippen molar-refractivity contribution in [1.29, 1.82) is 10.5 Å². The number of para-hydroxylation sites is 1. The number of benzene rings is 3. The van der Waals surface area contributed by atoms with Crippen LogP contribution in [-0.4, -0.2) is 6.29 Å². The third-order valence-corrected chi connectivity index (χ3v) is 5.58. The summed E-state index contributed by atoms with van der Waals surface area (Å²) >= 11 is 0. The maximum atomic E-state index is 11.7. The van der Waals surface area contributed by atoms with Gasteiger partial charge in [0.25, 0.3) is 0 Å². The van der Waals surface area contributed by atoms with Crippen molar-refractivity contribution in [3.05, 3.63) is 100 Å². The first kappa shape index (κ1) is 15.4. The van der Waals surface area contributed by atoms with Crippen molar-refractivity contribution >= 4 is 6.29 Å². The number of rotatable bonds is 1. The first-order chi connectivity index (χ1) is 13.2. The molecule has 0 radical (unpaired) electrons. The molecule has 0 fully saturated rings. The molecule has 0 spiro atoms. The molecule has 3 aromatic rings. The molecule has 4 heteroatoms. The number of aldehydes is 1. The highest BCUT2D eigenvalue weighted by Gasteiger charge is 2.58. The minimum absolute atomic E-state index is 0.294. The van der Waals surface area contributed by atoms with Crippen LogP contribution in [-0.2, 0) is 11.0 Å². The number of carbonyl (C=O) groups is 1. The van der Waals surface area contributed by atoms with E-state index in [4.69, 9.17) is 4.74 Å². The molecule has 2 heterocycles. The first-order valence-electron chi connectivity index (χ1n) is 8.53. The predicted octanol–water partition coefficient (Wildman–Crippen LogP) is 3.83. The molecular weight excluding hydrogens is 336 g/mol. The topological polar surface area (TPSA) is 73.9 Å². The maximum Gasteiger partial charge on any atom is 0.246 e. The molecule has 3 aromatic carbocycles. The maximum absolute atomic E-state index is 11.7. The van der Waals surface area contributed by atoms with E-state index in [2.05, 4.69) is 12.1 Å². The van der Waals surface area contributed by atoms with Gasteiger partial charge in [0.1, 0.15) is 17.2 Å². The Hall–Kier alpha value is -3.89. The van der Waals surface area contributed by atoms with Crippen molar-refractivity contribution in [2.75, 3.05) is 0 Å². The molecule has 1 aliphatic carbocycles. The minimum Gasteiger partial charge on any atom is -0.463 e. The van der Waals surface area contributed by atoms with Crippen LogP contribution in [0.15, 0.2) is 66.7 Å². The Balaban J connectivity index is 2.09. The van der Waals surface area contributed by atoms with Crippen LogP contribution in [0.25, 0.3) is 0 Å². The molecule has 0 saturated heterocycles. The van der Waals surface area contributed by atoms with Gasteiger partial charge in [0.2, 0.25) is 5.60 Å². The second-order valence-electron chi connectivity index (χ2n) is 6.69. The molecule has 6 rings (SSSR count). The van der Waals surface area contributed by atoms with Crippen molar-refractivity contribution in [3.8, 4) is 17.9 Å². The van der Waals surface area contributed by atoms with E-state index in [1.54, 1.807) is 18.2 Å². The van der Waals surface area contributed by atoms with E-state index in [9.17, 15) is 15.3 Å². The van der Waals surface area contributed by atoms with Crippen molar-refractivity contribution in [1.82, 2.24) is 0 Å². The summed E-state index contributed by atoms with van der Waals surface area (Å²) < 4.78 is 6.34. The van der Waals surface area contributed by atoms with Gasteiger partial charge in [0.15, 0.2) is 6.29 Å².